The topological polar surface area (TPSA) is 76.7 Å². The molecule has 2 aliphatic heterocycles. The molecule has 3 rings (SSSR count). The minimum absolute atomic E-state index is 0.00308. The van der Waals surface area contributed by atoms with Gasteiger partial charge in [0.15, 0.2) is 11.5 Å². The van der Waals surface area contributed by atoms with Crippen molar-refractivity contribution in [2.24, 2.45) is 0 Å². The Hall–Kier alpha value is -1.31. The number of hydrogen-bond acceptors (Lipinski definition) is 5. The Morgan fingerprint density at radius 1 is 1.16 bits per heavy atom. The summed E-state index contributed by atoms with van der Waals surface area (Å²) in [5, 5.41) is 3.20. The number of piperidine rings is 1. The van der Waals surface area contributed by atoms with Gasteiger partial charge >= 0.3 is 0 Å². The molecular weight excluding hydrogens is 268 g/mol. The zero-order chi connectivity index (χ0) is 13.3. The van der Waals surface area contributed by atoms with Crippen LogP contribution in [0.4, 0.5) is 0 Å². The average molecular weight is 284 g/mol. The largest absolute Gasteiger partial charge is 0.454 e. The highest BCUT2D eigenvalue weighted by Crippen LogP contribution is 2.33. The lowest BCUT2D eigenvalue weighted by atomic mass is 10.1. The van der Waals surface area contributed by atoms with E-state index >= 15 is 0 Å². The van der Waals surface area contributed by atoms with Crippen LogP contribution in [0, 0.1) is 0 Å². The molecule has 1 fully saturated rings. The second kappa shape index (κ2) is 4.99. The van der Waals surface area contributed by atoms with Crippen molar-refractivity contribution < 1.29 is 17.9 Å². The van der Waals surface area contributed by atoms with E-state index < -0.39 is 10.0 Å². The van der Waals surface area contributed by atoms with Gasteiger partial charge in [-0.15, -0.1) is 0 Å². The summed E-state index contributed by atoms with van der Waals surface area (Å²) in [6, 6.07) is 4.67. The Morgan fingerprint density at radius 3 is 2.68 bits per heavy atom. The molecule has 6 nitrogen and oxygen atoms in total. The van der Waals surface area contributed by atoms with Crippen molar-refractivity contribution in [3.05, 3.63) is 18.2 Å². The van der Waals surface area contributed by atoms with Crippen molar-refractivity contribution in [3.8, 4) is 11.5 Å². The van der Waals surface area contributed by atoms with E-state index in [0.717, 1.165) is 25.9 Å². The lowest BCUT2D eigenvalue weighted by Gasteiger charge is -2.23. The molecule has 0 aromatic heterocycles. The smallest absolute Gasteiger partial charge is 0.240 e. The van der Waals surface area contributed by atoms with Crippen LogP contribution in [-0.2, 0) is 10.0 Å². The standard InChI is InChI=1S/C12H16N2O4S/c15-19(16,14-9-3-5-13-6-4-9)10-1-2-11-12(7-10)18-8-17-11/h1-2,7,9,13-14H,3-6,8H2. The van der Waals surface area contributed by atoms with E-state index in [0.29, 0.717) is 11.5 Å². The first kappa shape index (κ1) is 12.7. The first-order valence-corrected chi connectivity index (χ1v) is 7.76. The third-order valence-corrected chi connectivity index (χ3v) is 4.83. The third kappa shape index (κ3) is 2.68. The van der Waals surface area contributed by atoms with Gasteiger partial charge < -0.3 is 14.8 Å². The predicted octanol–water partition coefficient (Wildman–Crippen LogP) is 0.446. The van der Waals surface area contributed by atoms with Crippen molar-refractivity contribution in [1.82, 2.24) is 10.0 Å². The van der Waals surface area contributed by atoms with E-state index in [1.807, 2.05) is 0 Å². The summed E-state index contributed by atoms with van der Waals surface area (Å²) in [6.45, 7) is 1.82. The Bertz CT molecular complexity index is 567. The van der Waals surface area contributed by atoms with E-state index in [2.05, 4.69) is 10.0 Å². The van der Waals surface area contributed by atoms with Crippen molar-refractivity contribution >= 4 is 10.0 Å². The number of fused-ring (bicyclic) bond motifs is 1. The number of hydrogen-bond donors (Lipinski definition) is 2. The van der Waals surface area contributed by atoms with E-state index in [1.165, 1.54) is 12.1 Å². The highest BCUT2D eigenvalue weighted by Gasteiger charge is 2.24. The van der Waals surface area contributed by atoms with Crippen LogP contribution in [0.3, 0.4) is 0 Å². The van der Waals surface area contributed by atoms with Gasteiger partial charge in [-0.3, -0.25) is 0 Å². The summed E-state index contributed by atoms with van der Waals surface area (Å²) in [5.41, 5.74) is 0. The molecule has 0 saturated carbocycles. The first-order chi connectivity index (χ1) is 9.15. The molecule has 0 spiro atoms. The maximum Gasteiger partial charge on any atom is 0.240 e. The maximum absolute atomic E-state index is 12.3. The second-order valence-corrected chi connectivity index (χ2v) is 6.37. The SMILES string of the molecule is O=S(=O)(NC1CCNCC1)c1ccc2c(c1)OCO2. The van der Waals surface area contributed by atoms with Gasteiger partial charge in [0, 0.05) is 12.1 Å². The highest BCUT2D eigenvalue weighted by atomic mass is 32.2. The second-order valence-electron chi connectivity index (χ2n) is 4.66. The highest BCUT2D eigenvalue weighted by molar-refractivity contribution is 7.89. The Labute approximate surface area is 112 Å². The number of benzene rings is 1. The molecule has 7 heteroatoms. The first-order valence-electron chi connectivity index (χ1n) is 6.28. The molecule has 0 radical (unpaired) electrons. The number of rotatable bonds is 3. The third-order valence-electron chi connectivity index (χ3n) is 3.32. The molecule has 0 unspecified atom stereocenters. The molecule has 1 aromatic carbocycles. The van der Waals surface area contributed by atoms with Crippen LogP contribution in [0.25, 0.3) is 0 Å². The van der Waals surface area contributed by atoms with E-state index in [4.69, 9.17) is 9.47 Å². The molecule has 2 aliphatic rings. The van der Waals surface area contributed by atoms with Gasteiger partial charge in [-0.25, -0.2) is 13.1 Å². The summed E-state index contributed by atoms with van der Waals surface area (Å²) in [7, 11) is -3.49. The molecule has 0 aliphatic carbocycles. The molecule has 2 N–H and O–H groups in total. The number of nitrogens with one attached hydrogen (secondary N) is 2. The van der Waals surface area contributed by atoms with Gasteiger partial charge in [-0.2, -0.15) is 0 Å². The van der Waals surface area contributed by atoms with Crippen molar-refractivity contribution in [1.29, 1.82) is 0 Å². The maximum atomic E-state index is 12.3. The number of sulfonamides is 1. The van der Waals surface area contributed by atoms with Crippen LogP contribution in [-0.4, -0.2) is 34.3 Å². The van der Waals surface area contributed by atoms with Gasteiger partial charge in [0.25, 0.3) is 0 Å². The van der Waals surface area contributed by atoms with E-state index in [1.54, 1.807) is 6.07 Å². The molecule has 2 heterocycles. The Kier molecular flexibility index (Phi) is 3.34. The van der Waals surface area contributed by atoms with Crippen LogP contribution in [0.1, 0.15) is 12.8 Å². The normalized spacial score (nSPS) is 19.6. The van der Waals surface area contributed by atoms with E-state index in [-0.39, 0.29) is 17.7 Å². The molecule has 1 aromatic rings. The van der Waals surface area contributed by atoms with Gasteiger partial charge in [0.2, 0.25) is 16.8 Å². The lowest BCUT2D eigenvalue weighted by Crippen LogP contribution is -2.42. The number of ether oxygens (including phenoxy) is 2. The van der Waals surface area contributed by atoms with Crippen LogP contribution in [0.15, 0.2) is 23.1 Å². The van der Waals surface area contributed by atoms with Crippen LogP contribution < -0.4 is 19.5 Å². The fraction of sp³-hybridized carbons (Fsp3) is 0.500. The fourth-order valence-electron chi connectivity index (χ4n) is 2.27. The summed E-state index contributed by atoms with van der Waals surface area (Å²) >= 11 is 0. The summed E-state index contributed by atoms with van der Waals surface area (Å²) in [6.07, 6.45) is 1.62. The summed E-state index contributed by atoms with van der Waals surface area (Å²) in [5.74, 6) is 1.06. The van der Waals surface area contributed by atoms with Crippen molar-refractivity contribution in [2.45, 2.75) is 23.8 Å². The molecule has 104 valence electrons. The monoisotopic (exact) mass is 284 g/mol. The van der Waals surface area contributed by atoms with Gasteiger partial charge in [-0.05, 0) is 38.1 Å². The molecule has 19 heavy (non-hydrogen) atoms. The molecule has 0 bridgehead atoms. The minimum Gasteiger partial charge on any atom is -0.454 e. The zero-order valence-electron chi connectivity index (χ0n) is 10.4. The summed E-state index contributed by atoms with van der Waals surface area (Å²) in [4.78, 5) is 0.218. The van der Waals surface area contributed by atoms with Crippen molar-refractivity contribution in [3.63, 3.8) is 0 Å². The van der Waals surface area contributed by atoms with Gasteiger partial charge in [0.05, 0.1) is 4.90 Å². The summed E-state index contributed by atoms with van der Waals surface area (Å²) < 4.78 is 37.7. The molecule has 1 saturated heterocycles. The van der Waals surface area contributed by atoms with Crippen LogP contribution >= 0.6 is 0 Å². The molecule has 0 amide bonds. The van der Waals surface area contributed by atoms with Crippen LogP contribution in [0.5, 0.6) is 11.5 Å². The van der Waals surface area contributed by atoms with Gasteiger partial charge in [-0.1, -0.05) is 0 Å². The Balaban J connectivity index is 1.79. The predicted molar refractivity (Wildman–Crippen MR) is 68.8 cm³/mol. The van der Waals surface area contributed by atoms with E-state index in [9.17, 15) is 8.42 Å². The zero-order valence-corrected chi connectivity index (χ0v) is 11.2. The molecule has 0 atom stereocenters. The minimum atomic E-state index is -3.49. The van der Waals surface area contributed by atoms with Crippen molar-refractivity contribution in [2.75, 3.05) is 19.9 Å². The Morgan fingerprint density at radius 2 is 1.89 bits per heavy atom. The fourth-order valence-corrected chi connectivity index (χ4v) is 3.59. The van der Waals surface area contributed by atoms with Gasteiger partial charge in [0.1, 0.15) is 0 Å². The van der Waals surface area contributed by atoms with Crippen LogP contribution in [0.2, 0.25) is 0 Å². The quantitative estimate of drug-likeness (QED) is 0.842. The average Bonchev–Trinajstić information content (AvgIpc) is 2.86. The lowest BCUT2D eigenvalue weighted by molar-refractivity contribution is 0.174. The molecular formula is C12H16N2O4S.